The highest BCUT2D eigenvalue weighted by Gasteiger charge is 2.29. The first kappa shape index (κ1) is 20.8. The van der Waals surface area contributed by atoms with Crippen LogP contribution in [0, 0.1) is 23.0 Å². The second kappa shape index (κ2) is 7.33. The van der Waals surface area contributed by atoms with E-state index in [1.165, 1.54) is 15.2 Å². The number of nitrogens with zero attached hydrogens (tertiary/aromatic N) is 6. The maximum atomic E-state index is 13.7. The van der Waals surface area contributed by atoms with Crippen LogP contribution >= 0.6 is 0 Å². The van der Waals surface area contributed by atoms with Crippen LogP contribution in [0.15, 0.2) is 29.3 Å². The lowest BCUT2D eigenvalue weighted by Gasteiger charge is -2.25. The Morgan fingerprint density at radius 1 is 1.39 bits per heavy atom. The van der Waals surface area contributed by atoms with E-state index >= 15 is 0 Å². The van der Waals surface area contributed by atoms with E-state index in [0.717, 1.165) is 5.56 Å². The smallest absolute Gasteiger partial charge is 0.258 e. The van der Waals surface area contributed by atoms with Crippen LogP contribution in [0.4, 0.5) is 5.82 Å². The second-order valence-electron chi connectivity index (χ2n) is 7.46. The highest BCUT2D eigenvalue weighted by molar-refractivity contribution is 7.90. The minimum Gasteiger partial charge on any atom is -0.467 e. The lowest BCUT2D eigenvalue weighted by atomic mass is 10.1. The van der Waals surface area contributed by atoms with Crippen LogP contribution in [0.1, 0.15) is 35.5 Å². The fourth-order valence-electron chi connectivity index (χ4n) is 3.61. The van der Waals surface area contributed by atoms with Crippen LogP contribution in [0.3, 0.4) is 0 Å². The van der Waals surface area contributed by atoms with Gasteiger partial charge >= 0.3 is 0 Å². The minimum absolute atomic E-state index is 0.0666. The van der Waals surface area contributed by atoms with E-state index in [9.17, 15) is 9.47 Å². The second-order valence-corrected chi connectivity index (χ2v) is 9.58. The van der Waals surface area contributed by atoms with Gasteiger partial charge < -0.3 is 10.5 Å². The number of fused-ring (bicyclic) bond motifs is 5. The molecule has 0 aliphatic carbocycles. The standard InChI is InChI=1S/C20H22N8O2S/c1-11-5-6-17-13(7-11)12(2)30-20-19(22)24-9-14(25-20)18-15(10-27(3)31(17,23)29)26-28(4)16(18)8-21/h5-7,9,12,23H,10H2,1-4H3,(H2,22,24)/t12-,31?/m1/s1. The van der Waals surface area contributed by atoms with Gasteiger partial charge in [0.2, 0.25) is 0 Å². The van der Waals surface area contributed by atoms with Crippen molar-refractivity contribution in [2.45, 2.75) is 31.4 Å². The summed E-state index contributed by atoms with van der Waals surface area (Å²) < 4.78 is 31.3. The van der Waals surface area contributed by atoms with E-state index in [2.05, 4.69) is 21.1 Å². The number of hydrogen-bond acceptors (Lipinski definition) is 8. The van der Waals surface area contributed by atoms with Crippen LogP contribution in [-0.4, -0.2) is 35.3 Å². The first-order chi connectivity index (χ1) is 14.6. The molecule has 1 aliphatic rings. The maximum Gasteiger partial charge on any atom is 0.258 e. The Balaban J connectivity index is 2.03. The highest BCUT2D eigenvalue weighted by atomic mass is 32.2. The molecule has 3 aromatic rings. The summed E-state index contributed by atoms with van der Waals surface area (Å²) >= 11 is 0. The third kappa shape index (κ3) is 3.39. The Bertz CT molecular complexity index is 1340. The summed E-state index contributed by atoms with van der Waals surface area (Å²) in [5, 5.41) is 14.1. The van der Waals surface area contributed by atoms with Crippen LogP contribution in [0.2, 0.25) is 0 Å². The molecule has 0 spiro atoms. The van der Waals surface area contributed by atoms with Crippen molar-refractivity contribution in [1.29, 1.82) is 10.0 Å². The van der Waals surface area contributed by atoms with Crippen molar-refractivity contribution >= 4 is 15.7 Å². The van der Waals surface area contributed by atoms with Crippen molar-refractivity contribution < 1.29 is 8.95 Å². The largest absolute Gasteiger partial charge is 0.467 e. The van der Waals surface area contributed by atoms with Crippen LogP contribution in [0.5, 0.6) is 5.88 Å². The van der Waals surface area contributed by atoms with E-state index in [1.807, 2.05) is 19.1 Å². The van der Waals surface area contributed by atoms with E-state index in [0.29, 0.717) is 27.4 Å². The molecule has 1 aromatic carbocycles. The number of nitrogens with two attached hydrogens (primary N) is 1. The molecular formula is C20H22N8O2S. The average molecular weight is 439 g/mol. The Morgan fingerprint density at radius 2 is 2.13 bits per heavy atom. The summed E-state index contributed by atoms with van der Waals surface area (Å²) in [5.41, 5.74) is 9.10. The zero-order valence-electron chi connectivity index (χ0n) is 17.6. The maximum absolute atomic E-state index is 13.7. The normalized spacial score (nSPS) is 21.1. The number of nitrogen functional groups attached to an aromatic ring is 1. The topological polar surface area (TPSA) is 147 Å². The molecule has 160 valence electrons. The van der Waals surface area contributed by atoms with Crippen LogP contribution < -0.4 is 10.5 Å². The third-order valence-electron chi connectivity index (χ3n) is 5.25. The Kier molecular flexibility index (Phi) is 4.91. The molecule has 2 bridgehead atoms. The molecule has 1 aliphatic heterocycles. The Labute approximate surface area is 180 Å². The van der Waals surface area contributed by atoms with Crippen molar-refractivity contribution in [3.63, 3.8) is 0 Å². The van der Waals surface area contributed by atoms with Crippen LogP contribution in [-0.2, 0) is 23.5 Å². The van der Waals surface area contributed by atoms with Gasteiger partial charge in [-0.2, -0.15) is 10.4 Å². The van der Waals surface area contributed by atoms with E-state index < -0.39 is 16.0 Å². The van der Waals surface area contributed by atoms with Gasteiger partial charge in [0.1, 0.15) is 27.8 Å². The van der Waals surface area contributed by atoms with Gasteiger partial charge in [-0.25, -0.2) is 23.3 Å². The molecule has 0 saturated carbocycles. The number of ether oxygens (including phenoxy) is 1. The number of nitriles is 1. The predicted molar refractivity (Wildman–Crippen MR) is 114 cm³/mol. The minimum atomic E-state index is -3.39. The summed E-state index contributed by atoms with van der Waals surface area (Å²) in [6, 6.07) is 7.48. The monoisotopic (exact) mass is 438 g/mol. The molecule has 0 radical (unpaired) electrons. The lowest BCUT2D eigenvalue weighted by molar-refractivity contribution is 0.215. The molecule has 2 atom stereocenters. The van der Waals surface area contributed by atoms with Crippen molar-refractivity contribution in [1.82, 2.24) is 24.1 Å². The van der Waals surface area contributed by atoms with Gasteiger partial charge in [0.05, 0.1) is 34.6 Å². The van der Waals surface area contributed by atoms with E-state index in [1.54, 1.807) is 27.1 Å². The van der Waals surface area contributed by atoms with Gasteiger partial charge in [-0.15, -0.1) is 0 Å². The molecule has 0 saturated heterocycles. The molecular weight excluding hydrogens is 416 g/mol. The van der Waals surface area contributed by atoms with Crippen molar-refractivity contribution in [2.75, 3.05) is 12.8 Å². The van der Waals surface area contributed by atoms with Crippen molar-refractivity contribution in [3.8, 4) is 23.2 Å². The number of hydrogen-bond donors (Lipinski definition) is 2. The SMILES string of the molecule is Cc1ccc2c(c1)[C@@H](C)Oc1nc(cnc1N)-c1c(nn(C)c1C#N)CN(C)S2(=N)=O. The van der Waals surface area contributed by atoms with Gasteiger partial charge in [-0.05, 0) is 19.9 Å². The number of aryl methyl sites for hydroxylation is 2. The summed E-state index contributed by atoms with van der Waals surface area (Å²) in [5.74, 6) is 0.191. The van der Waals surface area contributed by atoms with Gasteiger partial charge in [0, 0.05) is 19.7 Å². The van der Waals surface area contributed by atoms with Gasteiger partial charge in [0.15, 0.2) is 5.82 Å². The number of benzene rings is 1. The zero-order valence-corrected chi connectivity index (χ0v) is 18.4. The molecule has 10 nitrogen and oxygen atoms in total. The quantitative estimate of drug-likeness (QED) is 0.548. The van der Waals surface area contributed by atoms with E-state index in [-0.39, 0.29) is 23.9 Å². The summed E-state index contributed by atoms with van der Waals surface area (Å²) in [6.07, 6.45) is 0.861. The zero-order chi connectivity index (χ0) is 22.5. The number of nitrogens with one attached hydrogen (secondary N) is 1. The first-order valence-corrected chi connectivity index (χ1v) is 11.0. The van der Waals surface area contributed by atoms with Gasteiger partial charge in [0.25, 0.3) is 5.88 Å². The Morgan fingerprint density at radius 3 is 2.84 bits per heavy atom. The van der Waals surface area contributed by atoms with Crippen LogP contribution in [0.25, 0.3) is 11.3 Å². The molecule has 1 unspecified atom stereocenters. The summed E-state index contributed by atoms with van der Waals surface area (Å²) in [6.45, 7) is 3.76. The molecule has 0 fully saturated rings. The fourth-order valence-corrected chi connectivity index (χ4v) is 5.05. The van der Waals surface area contributed by atoms with Crippen molar-refractivity contribution in [2.24, 2.45) is 7.05 Å². The summed E-state index contributed by atoms with van der Waals surface area (Å²) in [7, 11) is -0.147. The lowest BCUT2D eigenvalue weighted by Crippen LogP contribution is -2.28. The van der Waals surface area contributed by atoms with Gasteiger partial charge in [-0.3, -0.25) is 4.68 Å². The molecule has 3 heterocycles. The average Bonchev–Trinajstić information content (AvgIpc) is 3.03. The summed E-state index contributed by atoms with van der Waals surface area (Å²) in [4.78, 5) is 9.07. The third-order valence-corrected chi connectivity index (χ3v) is 7.22. The molecule has 11 heteroatoms. The molecule has 3 N–H and O–H groups in total. The Hall–Kier alpha value is -3.49. The molecule has 4 rings (SSSR count). The first-order valence-electron chi connectivity index (χ1n) is 9.49. The number of aromatic nitrogens is 4. The van der Waals surface area contributed by atoms with Crippen molar-refractivity contribution in [3.05, 3.63) is 46.9 Å². The number of rotatable bonds is 0. The molecule has 2 aromatic heterocycles. The van der Waals surface area contributed by atoms with Gasteiger partial charge in [-0.1, -0.05) is 17.7 Å². The number of anilines is 1. The molecule has 31 heavy (non-hydrogen) atoms. The highest BCUT2D eigenvalue weighted by Crippen LogP contribution is 2.35. The molecule has 0 amide bonds. The predicted octanol–water partition coefficient (Wildman–Crippen LogP) is 2.55. The fraction of sp³-hybridized carbons (Fsp3) is 0.300. The van der Waals surface area contributed by atoms with E-state index in [4.69, 9.17) is 15.3 Å².